The quantitative estimate of drug-likeness (QED) is 0.765. The number of hydrogen-bond acceptors (Lipinski definition) is 6. The first-order valence-electron chi connectivity index (χ1n) is 7.64. The van der Waals surface area contributed by atoms with Crippen molar-refractivity contribution in [1.29, 1.82) is 0 Å². The second-order valence-electron chi connectivity index (χ2n) is 5.79. The van der Waals surface area contributed by atoms with Crippen molar-refractivity contribution in [2.45, 2.75) is 13.1 Å². The molecule has 0 bridgehead atoms. The Morgan fingerprint density at radius 2 is 1.93 bits per heavy atom. The molecule has 1 heterocycles. The van der Waals surface area contributed by atoms with E-state index >= 15 is 0 Å². The summed E-state index contributed by atoms with van der Waals surface area (Å²) in [6.45, 7) is 0.699. The van der Waals surface area contributed by atoms with Gasteiger partial charge in [0, 0.05) is 24.4 Å². The molecule has 0 fully saturated rings. The lowest BCUT2D eigenvalue weighted by atomic mass is 10.0. The van der Waals surface area contributed by atoms with E-state index in [4.69, 9.17) is 9.84 Å². The van der Waals surface area contributed by atoms with Gasteiger partial charge in [0.15, 0.2) is 6.61 Å². The molecule has 0 saturated heterocycles. The highest BCUT2D eigenvalue weighted by Crippen LogP contribution is 2.38. The van der Waals surface area contributed by atoms with Crippen LogP contribution in [0.25, 0.3) is 11.1 Å². The van der Waals surface area contributed by atoms with Crippen LogP contribution in [-0.2, 0) is 21.0 Å². The van der Waals surface area contributed by atoms with E-state index in [0.29, 0.717) is 0 Å². The summed E-state index contributed by atoms with van der Waals surface area (Å²) in [6, 6.07) is 2.57. The van der Waals surface area contributed by atoms with Crippen LogP contribution in [0.1, 0.15) is 11.3 Å². The third-order valence-electron chi connectivity index (χ3n) is 3.69. The summed E-state index contributed by atoms with van der Waals surface area (Å²) in [5.74, 6) is -1.57. The van der Waals surface area contributed by atoms with E-state index in [1.54, 1.807) is 0 Å². The number of ether oxygens (including phenoxy) is 1. The van der Waals surface area contributed by atoms with Crippen LogP contribution in [0.5, 0.6) is 5.75 Å². The maximum atomic E-state index is 13.1. The average molecular weight is 419 g/mol. The van der Waals surface area contributed by atoms with Crippen LogP contribution in [0.15, 0.2) is 24.4 Å². The van der Waals surface area contributed by atoms with Crippen molar-refractivity contribution in [2.24, 2.45) is 0 Å². The molecule has 8 nitrogen and oxygen atoms in total. The maximum absolute atomic E-state index is 13.1. The van der Waals surface area contributed by atoms with E-state index in [1.165, 1.54) is 14.0 Å². The van der Waals surface area contributed by atoms with Gasteiger partial charge >= 0.3 is 12.1 Å². The molecule has 0 radical (unpaired) electrons. The van der Waals surface area contributed by atoms with Gasteiger partial charge < -0.3 is 9.84 Å². The van der Waals surface area contributed by atoms with Crippen LogP contribution in [0.2, 0.25) is 0 Å². The number of aromatic nitrogens is 2. The highest BCUT2D eigenvalue weighted by atomic mass is 32.2. The molecule has 0 spiro atoms. The molecule has 0 aliphatic rings. The van der Waals surface area contributed by atoms with E-state index < -0.39 is 34.3 Å². The average Bonchev–Trinajstić information content (AvgIpc) is 2.57. The number of aryl methyl sites for hydroxylation is 1. The van der Waals surface area contributed by atoms with Gasteiger partial charge in [-0.3, -0.25) is 0 Å². The molecule has 12 heteroatoms. The first kappa shape index (κ1) is 21.4. The van der Waals surface area contributed by atoms with Gasteiger partial charge in [0.2, 0.25) is 16.0 Å². The van der Waals surface area contributed by atoms with Crippen molar-refractivity contribution in [3.63, 3.8) is 0 Å². The van der Waals surface area contributed by atoms with Gasteiger partial charge in [0.05, 0.1) is 17.5 Å². The fourth-order valence-electron chi connectivity index (χ4n) is 2.20. The number of rotatable bonds is 6. The number of benzene rings is 1. The lowest BCUT2D eigenvalue weighted by Gasteiger charge is -2.17. The van der Waals surface area contributed by atoms with E-state index in [0.717, 1.165) is 35.0 Å². The summed E-state index contributed by atoms with van der Waals surface area (Å²) < 4.78 is 68.4. The molecule has 2 aromatic rings. The first-order valence-corrected chi connectivity index (χ1v) is 9.49. The number of aliphatic carboxylic acids is 1. The smallest absolute Gasteiger partial charge is 0.416 e. The molecule has 1 aromatic heterocycles. The van der Waals surface area contributed by atoms with Crippen molar-refractivity contribution in [3.05, 3.63) is 35.7 Å². The second-order valence-corrected chi connectivity index (χ2v) is 7.80. The van der Waals surface area contributed by atoms with Crippen molar-refractivity contribution in [3.8, 4) is 16.9 Å². The lowest BCUT2D eigenvalue weighted by molar-refractivity contribution is -0.140. The molecule has 1 N–H and O–H groups in total. The Morgan fingerprint density at radius 3 is 2.43 bits per heavy atom. The normalized spacial score (nSPS) is 11.9. The third kappa shape index (κ3) is 4.88. The zero-order valence-corrected chi connectivity index (χ0v) is 15.8. The number of carbonyl (C=O) groups is 1. The molecule has 0 saturated carbocycles. The molecular formula is C16H16F3N3O5S. The maximum Gasteiger partial charge on any atom is 0.416 e. The summed E-state index contributed by atoms with van der Waals surface area (Å²) in [6.07, 6.45) is -2.53. The minimum atomic E-state index is -4.63. The van der Waals surface area contributed by atoms with Crippen molar-refractivity contribution < 1.29 is 36.2 Å². The van der Waals surface area contributed by atoms with Crippen molar-refractivity contribution in [1.82, 2.24) is 9.97 Å². The third-order valence-corrected chi connectivity index (χ3v) is 4.85. The van der Waals surface area contributed by atoms with Crippen molar-refractivity contribution >= 4 is 21.9 Å². The number of sulfonamides is 1. The molecule has 0 amide bonds. The largest absolute Gasteiger partial charge is 0.481 e. The number of hydrogen-bond donors (Lipinski definition) is 1. The van der Waals surface area contributed by atoms with E-state index in [9.17, 15) is 26.4 Å². The SMILES string of the molecule is Cc1nc(N(C)S(C)(=O)=O)ncc1-c1cc(C(F)(F)F)ccc1OCC(=O)O. The molecule has 152 valence electrons. The fourth-order valence-corrected chi connectivity index (χ4v) is 2.59. The zero-order chi connectivity index (χ0) is 21.3. The highest BCUT2D eigenvalue weighted by Gasteiger charge is 2.31. The molecule has 0 atom stereocenters. The topological polar surface area (TPSA) is 110 Å². The Morgan fingerprint density at radius 1 is 1.29 bits per heavy atom. The Labute approximate surface area is 158 Å². The summed E-state index contributed by atoms with van der Waals surface area (Å²) in [5.41, 5.74) is -0.721. The van der Waals surface area contributed by atoms with Crippen LogP contribution in [-0.4, -0.2) is 49.4 Å². The second kappa shape index (κ2) is 7.62. The van der Waals surface area contributed by atoms with Crippen molar-refractivity contribution in [2.75, 3.05) is 24.2 Å². The predicted molar refractivity (Wildman–Crippen MR) is 93.6 cm³/mol. The van der Waals surface area contributed by atoms with Crippen LogP contribution in [0.4, 0.5) is 19.1 Å². The molecule has 0 aliphatic heterocycles. The Bertz CT molecular complexity index is 1010. The van der Waals surface area contributed by atoms with Crippen LogP contribution in [0.3, 0.4) is 0 Å². The van der Waals surface area contributed by atoms with E-state index in [1.807, 2.05) is 0 Å². The molecule has 0 unspecified atom stereocenters. The molecule has 28 heavy (non-hydrogen) atoms. The van der Waals surface area contributed by atoms with Gasteiger partial charge in [-0.15, -0.1) is 0 Å². The van der Waals surface area contributed by atoms with Gasteiger partial charge in [-0.25, -0.2) is 27.5 Å². The number of alkyl halides is 3. The van der Waals surface area contributed by atoms with Gasteiger partial charge in [0.25, 0.3) is 0 Å². The number of halogens is 3. The number of anilines is 1. The number of carboxylic acids is 1. The predicted octanol–water partition coefficient (Wildman–Crippen LogP) is 2.33. The van der Waals surface area contributed by atoms with Gasteiger partial charge in [-0.1, -0.05) is 0 Å². The van der Waals surface area contributed by atoms with Crippen LogP contribution in [0, 0.1) is 6.92 Å². The highest BCUT2D eigenvalue weighted by molar-refractivity contribution is 7.92. The van der Waals surface area contributed by atoms with E-state index in [2.05, 4.69) is 9.97 Å². The monoisotopic (exact) mass is 419 g/mol. The fraction of sp³-hybridized carbons (Fsp3) is 0.312. The summed E-state index contributed by atoms with van der Waals surface area (Å²) in [4.78, 5) is 18.7. The number of carboxylic acid groups (broad SMARTS) is 1. The first-order chi connectivity index (χ1) is 12.8. The Kier molecular flexibility index (Phi) is 5.83. The zero-order valence-electron chi connectivity index (χ0n) is 15.0. The summed E-state index contributed by atoms with van der Waals surface area (Å²) in [5, 5.41) is 8.76. The van der Waals surface area contributed by atoms with Crippen LogP contribution < -0.4 is 9.04 Å². The lowest BCUT2D eigenvalue weighted by Crippen LogP contribution is -2.27. The summed E-state index contributed by atoms with van der Waals surface area (Å²) in [7, 11) is -2.40. The molecule has 1 aromatic carbocycles. The molecular weight excluding hydrogens is 403 g/mol. The van der Waals surface area contributed by atoms with Crippen LogP contribution >= 0.6 is 0 Å². The van der Waals surface area contributed by atoms with Gasteiger partial charge in [-0.2, -0.15) is 13.2 Å². The standard InChI is InChI=1S/C16H16F3N3O5S/c1-9-12(7-20-15(21-9)22(2)28(3,25)26)11-6-10(16(17,18)19)4-5-13(11)27-8-14(23)24/h4-7H,8H2,1-3H3,(H,23,24). The van der Waals surface area contributed by atoms with Gasteiger partial charge in [-0.05, 0) is 25.1 Å². The minimum Gasteiger partial charge on any atom is -0.481 e. The summed E-state index contributed by atoms with van der Waals surface area (Å²) >= 11 is 0. The molecule has 0 aliphatic carbocycles. The minimum absolute atomic E-state index is 0.0675. The van der Waals surface area contributed by atoms with E-state index in [-0.39, 0.29) is 28.5 Å². The van der Waals surface area contributed by atoms with Gasteiger partial charge in [0.1, 0.15) is 5.75 Å². The Hall–Kier alpha value is -2.89. The Balaban J connectivity index is 2.59. The number of nitrogens with zero attached hydrogens (tertiary/aromatic N) is 3. The molecule has 2 rings (SSSR count).